The first-order valence-electron chi connectivity index (χ1n) is 8.74. The molecule has 25 heavy (non-hydrogen) atoms. The predicted molar refractivity (Wildman–Crippen MR) is 102 cm³/mol. The molecule has 0 spiro atoms. The highest BCUT2D eigenvalue weighted by atomic mass is 35.5. The molecule has 1 heterocycles. The fourth-order valence-corrected chi connectivity index (χ4v) is 3.54. The van der Waals surface area contributed by atoms with Gasteiger partial charge in [-0.05, 0) is 42.8 Å². The minimum atomic E-state index is 0.0810. The summed E-state index contributed by atoms with van der Waals surface area (Å²) in [4.78, 5) is 2.47. The molecule has 1 atom stereocenters. The van der Waals surface area contributed by atoms with E-state index in [0.717, 1.165) is 48.3 Å². The number of hydrogen-bond donors (Lipinski definition) is 1. The van der Waals surface area contributed by atoms with Crippen LogP contribution in [0.1, 0.15) is 24.1 Å². The molecule has 0 radical (unpaired) electrons. The summed E-state index contributed by atoms with van der Waals surface area (Å²) < 4.78 is 11.4. The second kappa shape index (κ2) is 8.56. The third-order valence-corrected chi connectivity index (χ3v) is 4.73. The molecule has 5 heteroatoms. The molecule has 2 aromatic carbocycles. The number of benzene rings is 2. The number of methoxy groups -OCH3 is 1. The molecule has 1 aliphatic heterocycles. The highest BCUT2D eigenvalue weighted by molar-refractivity contribution is 6.30. The molecule has 0 saturated carbocycles. The zero-order valence-electron chi connectivity index (χ0n) is 14.8. The third kappa shape index (κ3) is 4.27. The van der Waals surface area contributed by atoms with Gasteiger partial charge in [-0.15, -0.1) is 0 Å². The van der Waals surface area contributed by atoms with Gasteiger partial charge in [0.2, 0.25) is 0 Å². The van der Waals surface area contributed by atoms with Crippen molar-refractivity contribution in [2.45, 2.75) is 13.0 Å². The number of nitrogens with one attached hydrogen (secondary N) is 1. The lowest BCUT2D eigenvalue weighted by atomic mass is 9.95. The third-order valence-electron chi connectivity index (χ3n) is 4.49. The van der Waals surface area contributed by atoms with Gasteiger partial charge in [0.15, 0.2) is 0 Å². The van der Waals surface area contributed by atoms with E-state index in [1.807, 2.05) is 37.3 Å². The summed E-state index contributed by atoms with van der Waals surface area (Å²) in [5.41, 5.74) is 2.29. The normalized spacial score (nSPS) is 16.4. The van der Waals surface area contributed by atoms with Crippen molar-refractivity contribution in [2.24, 2.45) is 0 Å². The second-order valence-electron chi connectivity index (χ2n) is 6.08. The molecule has 134 valence electrons. The van der Waals surface area contributed by atoms with Gasteiger partial charge in [0.05, 0.1) is 19.8 Å². The van der Waals surface area contributed by atoms with Crippen molar-refractivity contribution in [3.05, 3.63) is 58.6 Å². The molecule has 2 aromatic rings. The first kappa shape index (κ1) is 18.1. The fraction of sp³-hybridized carbons (Fsp3) is 0.400. The summed E-state index contributed by atoms with van der Waals surface area (Å²) in [6.45, 7) is 6.53. The van der Waals surface area contributed by atoms with Crippen molar-refractivity contribution in [1.29, 1.82) is 0 Å². The molecule has 0 aliphatic carbocycles. The van der Waals surface area contributed by atoms with Gasteiger partial charge in [-0.1, -0.05) is 23.7 Å². The van der Waals surface area contributed by atoms with Gasteiger partial charge in [0.1, 0.15) is 11.5 Å². The van der Waals surface area contributed by atoms with E-state index in [4.69, 9.17) is 21.1 Å². The van der Waals surface area contributed by atoms with Crippen LogP contribution in [0.4, 0.5) is 0 Å². The molecule has 3 rings (SSSR count). The molecule has 0 aromatic heterocycles. The van der Waals surface area contributed by atoms with Crippen molar-refractivity contribution >= 4 is 11.6 Å². The number of ether oxygens (including phenoxy) is 2. The van der Waals surface area contributed by atoms with Gasteiger partial charge < -0.3 is 14.8 Å². The highest BCUT2D eigenvalue weighted by Gasteiger charge is 2.27. The molecule has 1 N–H and O–H groups in total. The van der Waals surface area contributed by atoms with E-state index in [1.54, 1.807) is 7.11 Å². The van der Waals surface area contributed by atoms with Crippen molar-refractivity contribution in [2.75, 3.05) is 39.9 Å². The zero-order chi connectivity index (χ0) is 17.6. The van der Waals surface area contributed by atoms with E-state index < -0.39 is 0 Å². The number of rotatable bonds is 6. The molecule has 0 amide bonds. The maximum atomic E-state index is 6.33. The molecule has 0 bridgehead atoms. The van der Waals surface area contributed by atoms with E-state index in [-0.39, 0.29) is 6.04 Å². The van der Waals surface area contributed by atoms with Crippen molar-refractivity contribution < 1.29 is 9.47 Å². The van der Waals surface area contributed by atoms with Gasteiger partial charge in [-0.25, -0.2) is 0 Å². The van der Waals surface area contributed by atoms with Gasteiger partial charge in [0.25, 0.3) is 0 Å². The number of halogens is 1. The van der Waals surface area contributed by atoms with Crippen molar-refractivity contribution in [3.8, 4) is 11.5 Å². The molecular weight excluding hydrogens is 336 g/mol. The van der Waals surface area contributed by atoms with Crippen LogP contribution in [0.2, 0.25) is 5.02 Å². The first-order valence-corrected chi connectivity index (χ1v) is 9.11. The summed E-state index contributed by atoms with van der Waals surface area (Å²) in [5.74, 6) is 1.75. The van der Waals surface area contributed by atoms with Crippen LogP contribution in [0.25, 0.3) is 0 Å². The Bertz CT molecular complexity index is 702. The lowest BCUT2D eigenvalue weighted by molar-refractivity contribution is 0.194. The Balaban J connectivity index is 2.08. The fourth-order valence-electron chi connectivity index (χ4n) is 3.36. The van der Waals surface area contributed by atoms with Crippen LogP contribution in [0, 0.1) is 0 Å². The molecular formula is C20H25ClN2O2. The Hall–Kier alpha value is -1.75. The lowest BCUT2D eigenvalue weighted by Crippen LogP contribution is -2.45. The van der Waals surface area contributed by atoms with E-state index in [0.29, 0.717) is 6.61 Å². The molecule has 1 saturated heterocycles. The summed E-state index contributed by atoms with van der Waals surface area (Å²) in [5, 5.41) is 4.15. The predicted octanol–water partition coefficient (Wildman–Crippen LogP) is 3.74. The van der Waals surface area contributed by atoms with Crippen molar-refractivity contribution in [1.82, 2.24) is 10.2 Å². The summed E-state index contributed by atoms with van der Waals surface area (Å²) >= 11 is 6.33. The van der Waals surface area contributed by atoms with Gasteiger partial charge in [0, 0.05) is 36.8 Å². The quantitative estimate of drug-likeness (QED) is 0.850. The Labute approximate surface area is 154 Å². The number of piperazine rings is 1. The van der Waals surface area contributed by atoms with Gasteiger partial charge >= 0.3 is 0 Å². The Morgan fingerprint density at radius 1 is 1.16 bits per heavy atom. The maximum absolute atomic E-state index is 6.33. The van der Waals surface area contributed by atoms with E-state index in [1.165, 1.54) is 5.56 Å². The number of hydrogen-bond acceptors (Lipinski definition) is 4. The van der Waals surface area contributed by atoms with Crippen LogP contribution in [-0.2, 0) is 0 Å². The van der Waals surface area contributed by atoms with Crippen LogP contribution in [0.5, 0.6) is 11.5 Å². The standard InChI is InChI=1S/C20H25ClN2O2/c1-3-25-19-8-7-16(21)14-18(19)20(23-11-9-22-10-12-23)15-5-4-6-17(13-15)24-2/h4-8,13-14,20,22H,3,9-12H2,1-2H3. The van der Waals surface area contributed by atoms with Crippen LogP contribution in [-0.4, -0.2) is 44.8 Å². The first-order chi connectivity index (χ1) is 12.2. The van der Waals surface area contributed by atoms with Gasteiger partial charge in [-0.2, -0.15) is 0 Å². The highest BCUT2D eigenvalue weighted by Crippen LogP contribution is 2.37. The van der Waals surface area contributed by atoms with Gasteiger partial charge in [-0.3, -0.25) is 4.90 Å². The van der Waals surface area contributed by atoms with E-state index in [2.05, 4.69) is 22.3 Å². The Kier molecular flexibility index (Phi) is 6.19. The molecule has 1 aliphatic rings. The van der Waals surface area contributed by atoms with E-state index in [9.17, 15) is 0 Å². The molecule has 1 fully saturated rings. The number of nitrogens with zero attached hydrogens (tertiary/aromatic N) is 1. The van der Waals surface area contributed by atoms with Crippen LogP contribution in [0.15, 0.2) is 42.5 Å². The maximum Gasteiger partial charge on any atom is 0.124 e. The summed E-state index contributed by atoms with van der Waals surface area (Å²) in [6.07, 6.45) is 0. The molecule has 1 unspecified atom stereocenters. The average molecular weight is 361 g/mol. The summed E-state index contributed by atoms with van der Waals surface area (Å²) in [6, 6.07) is 14.2. The van der Waals surface area contributed by atoms with Crippen LogP contribution >= 0.6 is 11.6 Å². The smallest absolute Gasteiger partial charge is 0.124 e. The largest absolute Gasteiger partial charge is 0.497 e. The van der Waals surface area contributed by atoms with Crippen LogP contribution in [0.3, 0.4) is 0 Å². The second-order valence-corrected chi connectivity index (χ2v) is 6.52. The zero-order valence-corrected chi connectivity index (χ0v) is 15.6. The minimum Gasteiger partial charge on any atom is -0.497 e. The summed E-state index contributed by atoms with van der Waals surface area (Å²) in [7, 11) is 1.70. The molecule has 4 nitrogen and oxygen atoms in total. The monoisotopic (exact) mass is 360 g/mol. The lowest BCUT2D eigenvalue weighted by Gasteiger charge is -2.36. The van der Waals surface area contributed by atoms with E-state index >= 15 is 0 Å². The average Bonchev–Trinajstić information content (AvgIpc) is 2.65. The topological polar surface area (TPSA) is 33.7 Å². The SMILES string of the molecule is CCOc1ccc(Cl)cc1C(c1cccc(OC)c1)N1CCNCC1. The Morgan fingerprint density at radius 2 is 1.96 bits per heavy atom. The van der Waals surface area contributed by atoms with Crippen molar-refractivity contribution in [3.63, 3.8) is 0 Å². The minimum absolute atomic E-state index is 0.0810. The Morgan fingerprint density at radius 3 is 2.68 bits per heavy atom. The van der Waals surface area contributed by atoms with Crippen LogP contribution < -0.4 is 14.8 Å².